The Morgan fingerprint density at radius 2 is 1.66 bits per heavy atom. The molecule has 2 aromatic carbocycles. The lowest BCUT2D eigenvalue weighted by atomic mass is 9.81. The Bertz CT molecular complexity index is 890. The topological polar surface area (TPSA) is 72.5 Å². The predicted octanol–water partition coefficient (Wildman–Crippen LogP) is 6.25. The van der Waals surface area contributed by atoms with Gasteiger partial charge in [0.15, 0.2) is 5.78 Å². The molecule has 2 unspecified atom stereocenters. The summed E-state index contributed by atoms with van der Waals surface area (Å²) < 4.78 is 5.23. The fourth-order valence-electron chi connectivity index (χ4n) is 3.71. The number of hydrogen-bond donors (Lipinski definition) is 1. The number of rotatable bonds is 13. The molecule has 0 aliphatic heterocycles. The fraction of sp³-hybridized carbons (Fsp3) is 0.370. The van der Waals surface area contributed by atoms with E-state index >= 15 is 0 Å². The number of anilines is 1. The second kappa shape index (κ2) is 13.3. The van der Waals surface area contributed by atoms with Crippen molar-refractivity contribution in [1.82, 2.24) is 0 Å². The van der Waals surface area contributed by atoms with Gasteiger partial charge in [0.2, 0.25) is 0 Å². The molecule has 1 amide bonds. The molecule has 0 aromatic heterocycles. The maximum Gasteiger partial charge on any atom is 0.411 e. The number of benzene rings is 2. The van der Waals surface area contributed by atoms with Gasteiger partial charge in [-0.05, 0) is 68.9 Å². The zero-order chi connectivity index (χ0) is 23.3. The lowest BCUT2D eigenvalue weighted by molar-refractivity contribution is -0.121. The van der Waals surface area contributed by atoms with E-state index in [0.29, 0.717) is 17.9 Å². The van der Waals surface area contributed by atoms with Crippen molar-refractivity contribution in [3.05, 3.63) is 78.4 Å². The molecule has 5 nitrogen and oxygen atoms in total. The minimum absolute atomic E-state index is 0.0208. The molecule has 0 bridgehead atoms. The minimum atomic E-state index is -0.510. The molecular weight excluding hydrogens is 402 g/mol. The molecule has 0 saturated carbocycles. The van der Waals surface area contributed by atoms with Crippen LogP contribution in [-0.4, -0.2) is 24.3 Å². The summed E-state index contributed by atoms with van der Waals surface area (Å²) in [4.78, 5) is 35.4. The normalized spacial score (nSPS) is 12.4. The maximum atomic E-state index is 12.2. The largest absolute Gasteiger partial charge is 0.449 e. The standard InChI is InChI=1S/C27H33NO4/c1-4-23(26(21(3)30)19-22-11-7-5-8-12-22)13-9-6-10-18-32-27(31)28-25-16-14-24(15-17-25)20(2)29/h4-5,7-8,11-12,14-17,23,26H,1,6,9-10,13,18-19H2,2-3H3,(H,28,31). The Hall–Kier alpha value is -3.21. The van der Waals surface area contributed by atoms with Crippen LogP contribution in [0.5, 0.6) is 0 Å². The summed E-state index contributed by atoms with van der Waals surface area (Å²) in [5, 5.41) is 2.65. The number of hydrogen-bond acceptors (Lipinski definition) is 4. The van der Waals surface area contributed by atoms with Crippen LogP contribution in [0.4, 0.5) is 10.5 Å². The fourth-order valence-corrected chi connectivity index (χ4v) is 3.71. The van der Waals surface area contributed by atoms with Crippen molar-refractivity contribution < 1.29 is 19.1 Å². The van der Waals surface area contributed by atoms with Gasteiger partial charge in [-0.3, -0.25) is 14.9 Å². The van der Waals surface area contributed by atoms with Gasteiger partial charge in [-0.25, -0.2) is 4.79 Å². The van der Waals surface area contributed by atoms with Crippen LogP contribution < -0.4 is 5.32 Å². The molecule has 5 heteroatoms. The molecule has 2 atom stereocenters. The highest BCUT2D eigenvalue weighted by molar-refractivity contribution is 5.94. The van der Waals surface area contributed by atoms with Crippen LogP contribution in [0, 0.1) is 11.8 Å². The molecular formula is C27H33NO4. The van der Waals surface area contributed by atoms with E-state index in [4.69, 9.17) is 4.74 Å². The lowest BCUT2D eigenvalue weighted by Crippen LogP contribution is -2.23. The van der Waals surface area contributed by atoms with Gasteiger partial charge < -0.3 is 4.74 Å². The highest BCUT2D eigenvalue weighted by Crippen LogP contribution is 2.25. The first-order valence-corrected chi connectivity index (χ1v) is 11.1. The number of nitrogens with one attached hydrogen (secondary N) is 1. The first-order valence-electron chi connectivity index (χ1n) is 11.1. The smallest absolute Gasteiger partial charge is 0.411 e. The Labute approximate surface area is 190 Å². The molecule has 1 N–H and O–H groups in total. The third kappa shape index (κ3) is 8.50. The Morgan fingerprint density at radius 1 is 0.969 bits per heavy atom. The molecule has 0 aliphatic carbocycles. The number of unbranched alkanes of at least 4 members (excludes halogenated alkanes) is 2. The quantitative estimate of drug-likeness (QED) is 0.229. The van der Waals surface area contributed by atoms with Crippen molar-refractivity contribution in [2.45, 2.75) is 46.0 Å². The molecule has 0 fully saturated rings. The highest BCUT2D eigenvalue weighted by atomic mass is 16.5. The molecule has 0 spiro atoms. The van der Waals surface area contributed by atoms with E-state index in [1.54, 1.807) is 31.2 Å². The third-order valence-corrected chi connectivity index (χ3v) is 5.59. The van der Waals surface area contributed by atoms with E-state index in [1.807, 2.05) is 24.3 Å². The van der Waals surface area contributed by atoms with E-state index in [9.17, 15) is 14.4 Å². The summed E-state index contributed by atoms with van der Waals surface area (Å²) in [7, 11) is 0. The summed E-state index contributed by atoms with van der Waals surface area (Å²) in [6.45, 7) is 7.43. The van der Waals surface area contributed by atoms with Gasteiger partial charge in [-0.15, -0.1) is 6.58 Å². The van der Waals surface area contributed by atoms with E-state index in [2.05, 4.69) is 24.0 Å². The summed E-state index contributed by atoms with van der Waals surface area (Å²) in [6.07, 6.45) is 5.59. The van der Waals surface area contributed by atoms with Gasteiger partial charge in [-0.2, -0.15) is 0 Å². The van der Waals surface area contributed by atoms with Gasteiger partial charge in [0.25, 0.3) is 0 Å². The van der Waals surface area contributed by atoms with Crippen LogP contribution in [0.2, 0.25) is 0 Å². The molecule has 2 rings (SSSR count). The van der Waals surface area contributed by atoms with Crippen LogP contribution in [0.15, 0.2) is 67.3 Å². The second-order valence-electron chi connectivity index (χ2n) is 8.05. The average molecular weight is 436 g/mol. The second-order valence-corrected chi connectivity index (χ2v) is 8.05. The average Bonchev–Trinajstić information content (AvgIpc) is 2.78. The summed E-state index contributed by atoms with van der Waals surface area (Å²) >= 11 is 0. The van der Waals surface area contributed by atoms with Gasteiger partial charge >= 0.3 is 6.09 Å². The van der Waals surface area contributed by atoms with Crippen molar-refractivity contribution in [1.29, 1.82) is 0 Å². The predicted molar refractivity (Wildman–Crippen MR) is 128 cm³/mol. The maximum absolute atomic E-state index is 12.2. The monoisotopic (exact) mass is 435 g/mol. The molecule has 0 heterocycles. The number of Topliss-reactive ketones (excluding diaryl/α,β-unsaturated/α-hetero) is 2. The van der Waals surface area contributed by atoms with Gasteiger partial charge in [-0.1, -0.05) is 49.2 Å². The van der Waals surface area contributed by atoms with Gasteiger partial charge in [0.05, 0.1) is 6.61 Å². The lowest BCUT2D eigenvalue weighted by Gasteiger charge is -2.22. The van der Waals surface area contributed by atoms with E-state index in [1.165, 1.54) is 6.92 Å². The van der Waals surface area contributed by atoms with Gasteiger partial charge in [0.1, 0.15) is 5.78 Å². The number of carbonyl (C=O) groups is 3. The van der Waals surface area contributed by atoms with Crippen LogP contribution >= 0.6 is 0 Å². The summed E-state index contributed by atoms with van der Waals surface area (Å²) in [6, 6.07) is 16.7. The van der Waals surface area contributed by atoms with Crippen molar-refractivity contribution in [2.24, 2.45) is 11.8 Å². The molecule has 0 aliphatic rings. The number of amides is 1. The first-order chi connectivity index (χ1) is 15.4. The van der Waals surface area contributed by atoms with Crippen molar-refractivity contribution in [3.63, 3.8) is 0 Å². The van der Waals surface area contributed by atoms with Crippen LogP contribution in [0.1, 0.15) is 55.5 Å². The van der Waals surface area contributed by atoms with Gasteiger partial charge in [0, 0.05) is 17.2 Å². The number of ether oxygens (including phenoxy) is 1. The SMILES string of the molecule is C=CC(CCCCCOC(=O)Nc1ccc(C(C)=O)cc1)C(Cc1ccccc1)C(C)=O. The Morgan fingerprint density at radius 3 is 2.25 bits per heavy atom. The molecule has 0 radical (unpaired) electrons. The molecule has 0 saturated heterocycles. The summed E-state index contributed by atoms with van der Waals surface area (Å²) in [5.41, 5.74) is 2.34. The Balaban J connectivity index is 1.68. The van der Waals surface area contributed by atoms with Crippen molar-refractivity contribution in [2.75, 3.05) is 11.9 Å². The van der Waals surface area contributed by atoms with Crippen LogP contribution in [-0.2, 0) is 16.0 Å². The number of ketones is 2. The summed E-state index contributed by atoms with van der Waals surface area (Å²) in [5.74, 6) is 0.240. The van der Waals surface area contributed by atoms with Crippen LogP contribution in [0.3, 0.4) is 0 Å². The molecule has 170 valence electrons. The number of carbonyl (C=O) groups excluding carboxylic acids is 3. The zero-order valence-electron chi connectivity index (χ0n) is 19.0. The zero-order valence-corrected chi connectivity index (χ0v) is 19.0. The minimum Gasteiger partial charge on any atom is -0.449 e. The molecule has 2 aromatic rings. The van der Waals surface area contributed by atoms with E-state index in [0.717, 1.165) is 37.7 Å². The third-order valence-electron chi connectivity index (χ3n) is 5.59. The highest BCUT2D eigenvalue weighted by Gasteiger charge is 2.23. The number of allylic oxidation sites excluding steroid dienone is 1. The van der Waals surface area contributed by atoms with Crippen molar-refractivity contribution in [3.8, 4) is 0 Å². The first kappa shape index (κ1) is 25.1. The van der Waals surface area contributed by atoms with E-state index in [-0.39, 0.29) is 23.4 Å². The van der Waals surface area contributed by atoms with Crippen molar-refractivity contribution >= 4 is 23.3 Å². The molecule has 32 heavy (non-hydrogen) atoms. The Kier molecular flexibility index (Phi) is 10.4. The van der Waals surface area contributed by atoms with Crippen LogP contribution in [0.25, 0.3) is 0 Å². The van der Waals surface area contributed by atoms with E-state index < -0.39 is 6.09 Å².